The first-order valence-corrected chi connectivity index (χ1v) is 8.61. The number of rotatable bonds is 5. The highest BCUT2D eigenvalue weighted by atomic mass is 16.2. The maximum absolute atomic E-state index is 12.3. The minimum absolute atomic E-state index is 0.112. The molecule has 26 heavy (non-hydrogen) atoms. The fourth-order valence-electron chi connectivity index (χ4n) is 2.66. The van der Waals surface area contributed by atoms with Gasteiger partial charge in [-0.1, -0.05) is 43.3 Å². The summed E-state index contributed by atoms with van der Waals surface area (Å²) >= 11 is 0. The number of carbonyl (C=O) groups excluding carboxylic acids is 2. The zero-order valence-electron chi connectivity index (χ0n) is 14.6. The van der Waals surface area contributed by atoms with Crippen molar-refractivity contribution < 1.29 is 9.59 Å². The van der Waals surface area contributed by atoms with Crippen molar-refractivity contribution in [1.29, 1.82) is 0 Å². The number of carbonyl (C=O) groups is 2. The van der Waals surface area contributed by atoms with Crippen LogP contribution in [0.2, 0.25) is 0 Å². The van der Waals surface area contributed by atoms with Crippen LogP contribution < -0.4 is 16.0 Å². The number of hydrogen-bond acceptors (Lipinski definition) is 2. The van der Waals surface area contributed by atoms with Crippen LogP contribution in [0.15, 0.2) is 66.7 Å². The summed E-state index contributed by atoms with van der Waals surface area (Å²) in [6.07, 6.45) is 0.889. The second kappa shape index (κ2) is 8.16. The summed E-state index contributed by atoms with van der Waals surface area (Å²) in [6.45, 7) is 2.65. The van der Waals surface area contributed by atoms with Crippen LogP contribution in [-0.4, -0.2) is 18.5 Å². The molecule has 5 nitrogen and oxygen atoms in total. The monoisotopic (exact) mass is 347 g/mol. The molecule has 0 fully saturated rings. The van der Waals surface area contributed by atoms with Crippen molar-refractivity contribution in [2.24, 2.45) is 0 Å². The van der Waals surface area contributed by atoms with E-state index in [1.54, 1.807) is 24.3 Å². The minimum Gasteiger partial charge on any atom is -0.352 e. The molecular formula is C21H21N3O2. The van der Waals surface area contributed by atoms with Gasteiger partial charge in [-0.05, 0) is 42.1 Å². The van der Waals surface area contributed by atoms with Crippen molar-refractivity contribution >= 4 is 34.1 Å². The number of anilines is 2. The summed E-state index contributed by atoms with van der Waals surface area (Å²) in [6, 6.07) is 20.1. The van der Waals surface area contributed by atoms with Crippen LogP contribution in [0.5, 0.6) is 0 Å². The quantitative estimate of drug-likeness (QED) is 0.630. The first kappa shape index (κ1) is 17.5. The van der Waals surface area contributed by atoms with E-state index < -0.39 is 0 Å². The lowest BCUT2D eigenvalue weighted by Crippen LogP contribution is -2.24. The molecule has 3 rings (SSSR count). The van der Waals surface area contributed by atoms with Gasteiger partial charge in [0.2, 0.25) is 0 Å². The Morgan fingerprint density at radius 2 is 1.58 bits per heavy atom. The lowest BCUT2D eigenvalue weighted by Gasteiger charge is -2.10. The van der Waals surface area contributed by atoms with Gasteiger partial charge in [-0.3, -0.25) is 4.79 Å². The minimum atomic E-state index is -0.329. The number of nitrogens with one attached hydrogen (secondary N) is 3. The average molecular weight is 347 g/mol. The zero-order valence-corrected chi connectivity index (χ0v) is 14.6. The van der Waals surface area contributed by atoms with Gasteiger partial charge in [0.15, 0.2) is 0 Å². The van der Waals surface area contributed by atoms with Gasteiger partial charge in [0.05, 0.1) is 5.69 Å². The predicted octanol–water partition coefficient (Wildman–Crippen LogP) is 4.62. The summed E-state index contributed by atoms with van der Waals surface area (Å²) in [5.41, 5.74) is 1.93. The Bertz CT molecular complexity index is 915. The Hall–Kier alpha value is -3.34. The van der Waals surface area contributed by atoms with Gasteiger partial charge < -0.3 is 16.0 Å². The van der Waals surface area contributed by atoms with Crippen LogP contribution in [-0.2, 0) is 0 Å². The Morgan fingerprint density at radius 1 is 0.846 bits per heavy atom. The third-order valence-electron chi connectivity index (χ3n) is 3.98. The molecular weight excluding hydrogens is 326 g/mol. The van der Waals surface area contributed by atoms with Gasteiger partial charge in [-0.2, -0.15) is 0 Å². The lowest BCUT2D eigenvalue weighted by atomic mass is 10.1. The molecule has 0 saturated heterocycles. The van der Waals surface area contributed by atoms with E-state index in [9.17, 15) is 9.59 Å². The van der Waals surface area contributed by atoms with Gasteiger partial charge in [0.1, 0.15) is 0 Å². The van der Waals surface area contributed by atoms with E-state index in [-0.39, 0.29) is 11.9 Å². The molecule has 5 heteroatoms. The lowest BCUT2D eigenvalue weighted by molar-refractivity contribution is 0.0953. The molecule has 0 saturated carbocycles. The van der Waals surface area contributed by atoms with Crippen molar-refractivity contribution in [2.45, 2.75) is 13.3 Å². The summed E-state index contributed by atoms with van der Waals surface area (Å²) < 4.78 is 0. The second-order valence-corrected chi connectivity index (χ2v) is 5.94. The SMILES string of the molecule is CCCNC(=O)c1ccc(NC(=O)Nc2cccc3ccccc23)cc1. The summed E-state index contributed by atoms with van der Waals surface area (Å²) in [7, 11) is 0. The van der Waals surface area contributed by atoms with Crippen molar-refractivity contribution in [3.8, 4) is 0 Å². The molecule has 0 aliphatic carbocycles. The van der Waals surface area contributed by atoms with Crippen LogP contribution in [0.3, 0.4) is 0 Å². The Kier molecular flexibility index (Phi) is 5.49. The molecule has 0 aromatic heterocycles. The van der Waals surface area contributed by atoms with Crippen molar-refractivity contribution in [2.75, 3.05) is 17.2 Å². The third kappa shape index (κ3) is 4.19. The largest absolute Gasteiger partial charge is 0.352 e. The fraction of sp³-hybridized carbons (Fsp3) is 0.143. The molecule has 0 radical (unpaired) electrons. The number of urea groups is 1. The number of fused-ring (bicyclic) bond motifs is 1. The molecule has 3 amide bonds. The van der Waals surface area contributed by atoms with E-state index >= 15 is 0 Å². The molecule has 0 aliphatic rings. The van der Waals surface area contributed by atoms with E-state index in [2.05, 4.69) is 16.0 Å². The van der Waals surface area contributed by atoms with Crippen LogP contribution in [0, 0.1) is 0 Å². The van der Waals surface area contributed by atoms with E-state index in [0.29, 0.717) is 17.8 Å². The molecule has 3 aromatic carbocycles. The topological polar surface area (TPSA) is 70.2 Å². The van der Waals surface area contributed by atoms with Crippen LogP contribution in [0.1, 0.15) is 23.7 Å². The van der Waals surface area contributed by atoms with E-state index in [4.69, 9.17) is 0 Å². The third-order valence-corrected chi connectivity index (χ3v) is 3.98. The molecule has 0 atom stereocenters. The van der Waals surface area contributed by atoms with Crippen molar-refractivity contribution in [1.82, 2.24) is 5.32 Å². The predicted molar refractivity (Wildman–Crippen MR) is 106 cm³/mol. The highest BCUT2D eigenvalue weighted by molar-refractivity contribution is 6.06. The number of amides is 3. The van der Waals surface area contributed by atoms with Crippen molar-refractivity contribution in [3.05, 3.63) is 72.3 Å². The second-order valence-electron chi connectivity index (χ2n) is 5.94. The molecule has 0 heterocycles. The molecule has 0 spiro atoms. The summed E-state index contributed by atoms with van der Waals surface area (Å²) in [4.78, 5) is 24.2. The Balaban J connectivity index is 1.65. The summed E-state index contributed by atoms with van der Waals surface area (Å²) in [5.74, 6) is -0.112. The highest BCUT2D eigenvalue weighted by Gasteiger charge is 2.07. The fourth-order valence-corrected chi connectivity index (χ4v) is 2.66. The van der Waals surface area contributed by atoms with Gasteiger partial charge in [0.25, 0.3) is 5.91 Å². The first-order valence-electron chi connectivity index (χ1n) is 8.61. The number of hydrogen-bond donors (Lipinski definition) is 3. The first-order chi connectivity index (χ1) is 12.7. The normalized spacial score (nSPS) is 10.3. The smallest absolute Gasteiger partial charge is 0.323 e. The average Bonchev–Trinajstić information content (AvgIpc) is 2.67. The van der Waals surface area contributed by atoms with Gasteiger partial charge in [-0.25, -0.2) is 4.79 Å². The Labute approximate surface area is 152 Å². The van der Waals surface area contributed by atoms with Gasteiger partial charge >= 0.3 is 6.03 Å². The molecule has 3 N–H and O–H groups in total. The molecule has 0 aliphatic heterocycles. The van der Waals surface area contributed by atoms with Gasteiger partial charge in [0, 0.05) is 23.2 Å². The van der Waals surface area contributed by atoms with E-state index in [1.807, 2.05) is 49.4 Å². The Morgan fingerprint density at radius 3 is 2.35 bits per heavy atom. The molecule has 0 bridgehead atoms. The van der Waals surface area contributed by atoms with Crippen molar-refractivity contribution in [3.63, 3.8) is 0 Å². The highest BCUT2D eigenvalue weighted by Crippen LogP contribution is 2.23. The standard InChI is InChI=1S/C21H21N3O2/c1-2-14-22-20(25)16-10-12-17(13-11-16)23-21(26)24-19-9-5-7-15-6-3-4-8-18(15)19/h3-13H,2,14H2,1H3,(H,22,25)(H2,23,24,26). The molecule has 3 aromatic rings. The van der Waals surface area contributed by atoms with E-state index in [1.165, 1.54) is 0 Å². The van der Waals surface area contributed by atoms with E-state index in [0.717, 1.165) is 22.9 Å². The van der Waals surface area contributed by atoms with Crippen LogP contribution in [0.4, 0.5) is 16.2 Å². The van der Waals surface area contributed by atoms with Crippen LogP contribution in [0.25, 0.3) is 10.8 Å². The summed E-state index contributed by atoms with van der Waals surface area (Å²) in [5, 5.41) is 10.5. The van der Waals surface area contributed by atoms with Crippen LogP contribution >= 0.6 is 0 Å². The zero-order chi connectivity index (χ0) is 18.4. The van der Waals surface area contributed by atoms with Gasteiger partial charge in [-0.15, -0.1) is 0 Å². The maximum atomic E-state index is 12.3. The molecule has 132 valence electrons. The maximum Gasteiger partial charge on any atom is 0.323 e. The number of benzene rings is 3. The molecule has 0 unspecified atom stereocenters.